The van der Waals surface area contributed by atoms with Crippen LogP contribution in [0.3, 0.4) is 0 Å². The summed E-state index contributed by atoms with van der Waals surface area (Å²) in [6.45, 7) is 3.84. The largest absolute Gasteiger partial charge is 0.438 e. The third-order valence-corrected chi connectivity index (χ3v) is 2.81. The Hall–Kier alpha value is -2.36. The molecular weight excluding hydrogens is 228 g/mol. The van der Waals surface area contributed by atoms with Crippen LogP contribution in [-0.4, -0.2) is 9.61 Å². The summed E-state index contributed by atoms with van der Waals surface area (Å²) >= 11 is 0. The van der Waals surface area contributed by atoms with E-state index < -0.39 is 0 Å². The summed E-state index contributed by atoms with van der Waals surface area (Å²) in [7, 11) is 0. The van der Waals surface area contributed by atoms with Crippen molar-refractivity contribution < 1.29 is 4.42 Å². The Morgan fingerprint density at radius 3 is 2.56 bits per heavy atom. The highest BCUT2D eigenvalue weighted by atomic mass is 16.3. The van der Waals surface area contributed by atoms with Crippen molar-refractivity contribution in [1.82, 2.24) is 9.61 Å². The molecule has 0 aliphatic heterocycles. The molecule has 90 valence electrons. The Balaban J connectivity index is 2.24. The van der Waals surface area contributed by atoms with Crippen LogP contribution in [0.5, 0.6) is 0 Å². The van der Waals surface area contributed by atoms with Gasteiger partial charge in [-0.25, -0.2) is 0 Å². The van der Waals surface area contributed by atoms with Crippen molar-refractivity contribution in [2.75, 3.05) is 0 Å². The van der Waals surface area contributed by atoms with Crippen molar-refractivity contribution in [3.05, 3.63) is 58.0 Å². The molecule has 0 N–H and O–H groups in total. The van der Waals surface area contributed by atoms with Gasteiger partial charge in [-0.05, 0) is 13.8 Å². The van der Waals surface area contributed by atoms with Gasteiger partial charge >= 0.3 is 0 Å². The summed E-state index contributed by atoms with van der Waals surface area (Å²) in [5.41, 5.74) is 3.11. The van der Waals surface area contributed by atoms with E-state index in [2.05, 4.69) is 5.10 Å². The highest BCUT2D eigenvalue weighted by Gasteiger charge is 2.08. The summed E-state index contributed by atoms with van der Waals surface area (Å²) in [6, 6.07) is 11.1. The number of aromatic nitrogens is 2. The van der Waals surface area contributed by atoms with Crippen LogP contribution in [0.2, 0.25) is 0 Å². The second-order valence-corrected chi connectivity index (χ2v) is 4.35. The molecule has 0 spiro atoms. The molecule has 2 aromatic heterocycles. The Kier molecular flexibility index (Phi) is 2.30. The molecule has 4 heteroatoms. The van der Waals surface area contributed by atoms with Crippen molar-refractivity contribution in [1.29, 1.82) is 0 Å². The standard InChI is InChI=1S/C14H12N2O2/c1-9-3-5-11(6-4-9)12-8-13(17)16-14(18-12)7-10(2)15-16/h3-8H,1-2H3. The van der Waals surface area contributed by atoms with E-state index in [-0.39, 0.29) is 5.56 Å². The van der Waals surface area contributed by atoms with E-state index in [4.69, 9.17) is 4.42 Å². The zero-order chi connectivity index (χ0) is 12.7. The highest BCUT2D eigenvalue weighted by Crippen LogP contribution is 2.20. The molecule has 3 rings (SSSR count). The summed E-state index contributed by atoms with van der Waals surface area (Å²) in [5.74, 6) is 0.562. The summed E-state index contributed by atoms with van der Waals surface area (Å²) in [4.78, 5) is 11.9. The van der Waals surface area contributed by atoms with E-state index in [9.17, 15) is 4.79 Å². The average molecular weight is 240 g/mol. The lowest BCUT2D eigenvalue weighted by atomic mass is 10.1. The third-order valence-electron chi connectivity index (χ3n) is 2.81. The van der Waals surface area contributed by atoms with Crippen molar-refractivity contribution in [3.63, 3.8) is 0 Å². The Labute approximate surface area is 103 Å². The molecule has 18 heavy (non-hydrogen) atoms. The number of nitrogens with zero attached hydrogens (tertiary/aromatic N) is 2. The Bertz CT molecular complexity index is 767. The maximum absolute atomic E-state index is 11.9. The molecule has 3 aromatic rings. The average Bonchev–Trinajstić information content (AvgIpc) is 2.71. The van der Waals surface area contributed by atoms with Crippen LogP contribution < -0.4 is 5.56 Å². The van der Waals surface area contributed by atoms with Gasteiger partial charge in [-0.2, -0.15) is 9.61 Å². The fourth-order valence-electron chi connectivity index (χ4n) is 1.88. The van der Waals surface area contributed by atoms with Crippen molar-refractivity contribution in [2.24, 2.45) is 0 Å². The fraction of sp³-hybridized carbons (Fsp3) is 0.143. The minimum atomic E-state index is -0.181. The first-order chi connectivity index (χ1) is 8.63. The molecule has 0 aliphatic carbocycles. The van der Waals surface area contributed by atoms with E-state index in [0.717, 1.165) is 11.3 Å². The zero-order valence-electron chi connectivity index (χ0n) is 10.2. The highest BCUT2D eigenvalue weighted by molar-refractivity contribution is 5.58. The van der Waals surface area contributed by atoms with Crippen molar-refractivity contribution in [3.8, 4) is 11.3 Å². The summed E-state index contributed by atoms with van der Waals surface area (Å²) in [5, 5.41) is 4.07. The first-order valence-corrected chi connectivity index (χ1v) is 5.71. The first-order valence-electron chi connectivity index (χ1n) is 5.71. The first kappa shape index (κ1) is 10.8. The molecule has 0 amide bonds. The van der Waals surface area contributed by atoms with Gasteiger partial charge in [0.15, 0.2) is 0 Å². The molecule has 0 saturated heterocycles. The van der Waals surface area contributed by atoms with E-state index in [1.54, 1.807) is 6.07 Å². The lowest BCUT2D eigenvalue weighted by molar-refractivity contribution is 0.577. The molecule has 2 heterocycles. The SMILES string of the molecule is Cc1ccc(-c2cc(=O)n3nc(C)cc3o2)cc1. The predicted octanol–water partition coefficient (Wildman–Crippen LogP) is 2.57. The maximum Gasteiger partial charge on any atom is 0.277 e. The van der Waals surface area contributed by atoms with Crippen LogP contribution >= 0.6 is 0 Å². The number of rotatable bonds is 1. The molecule has 4 nitrogen and oxygen atoms in total. The molecule has 0 bridgehead atoms. The molecule has 0 fully saturated rings. The van der Waals surface area contributed by atoms with Gasteiger partial charge in [0.25, 0.3) is 5.56 Å². The van der Waals surface area contributed by atoms with Crippen molar-refractivity contribution >= 4 is 5.71 Å². The van der Waals surface area contributed by atoms with Crippen LogP contribution in [0.1, 0.15) is 11.3 Å². The van der Waals surface area contributed by atoms with E-state index in [1.165, 1.54) is 16.1 Å². The van der Waals surface area contributed by atoms with Crippen LogP contribution in [0.4, 0.5) is 0 Å². The summed E-state index contributed by atoms with van der Waals surface area (Å²) in [6.07, 6.45) is 0. The number of benzene rings is 1. The molecule has 0 atom stereocenters. The second kappa shape index (κ2) is 3.84. The smallest absolute Gasteiger partial charge is 0.277 e. The monoisotopic (exact) mass is 240 g/mol. The minimum Gasteiger partial charge on any atom is -0.438 e. The molecule has 1 aromatic carbocycles. The lowest BCUT2D eigenvalue weighted by Gasteiger charge is -2.01. The third kappa shape index (κ3) is 1.72. The number of aryl methyl sites for hydroxylation is 2. The Morgan fingerprint density at radius 1 is 1.11 bits per heavy atom. The molecule has 0 radical (unpaired) electrons. The van der Waals surface area contributed by atoms with Crippen LogP contribution in [0.15, 0.2) is 45.6 Å². The van der Waals surface area contributed by atoms with Gasteiger partial charge in [0.1, 0.15) is 5.76 Å². The van der Waals surface area contributed by atoms with Gasteiger partial charge in [-0.3, -0.25) is 4.79 Å². The quantitative estimate of drug-likeness (QED) is 0.656. The maximum atomic E-state index is 11.9. The number of fused-ring (bicyclic) bond motifs is 1. The van der Waals surface area contributed by atoms with Gasteiger partial charge in [-0.15, -0.1) is 0 Å². The Morgan fingerprint density at radius 2 is 1.83 bits per heavy atom. The predicted molar refractivity (Wildman–Crippen MR) is 68.6 cm³/mol. The zero-order valence-corrected chi connectivity index (χ0v) is 10.2. The second-order valence-electron chi connectivity index (χ2n) is 4.35. The van der Waals surface area contributed by atoms with Crippen LogP contribution in [0, 0.1) is 13.8 Å². The van der Waals surface area contributed by atoms with Crippen molar-refractivity contribution in [2.45, 2.75) is 13.8 Å². The van der Waals surface area contributed by atoms with Gasteiger partial charge in [0, 0.05) is 17.7 Å². The minimum absolute atomic E-state index is 0.181. The fourth-order valence-corrected chi connectivity index (χ4v) is 1.88. The van der Waals surface area contributed by atoms with E-state index in [1.807, 2.05) is 38.1 Å². The normalized spacial score (nSPS) is 11.0. The molecule has 0 saturated carbocycles. The topological polar surface area (TPSA) is 47.5 Å². The van der Waals surface area contributed by atoms with E-state index >= 15 is 0 Å². The molecular formula is C14H12N2O2. The molecule has 0 unspecified atom stereocenters. The van der Waals surface area contributed by atoms with Crippen LogP contribution in [0.25, 0.3) is 17.0 Å². The molecule has 0 aliphatic rings. The van der Waals surface area contributed by atoms with E-state index in [0.29, 0.717) is 11.5 Å². The van der Waals surface area contributed by atoms with Crippen LogP contribution in [-0.2, 0) is 0 Å². The van der Waals surface area contributed by atoms with Gasteiger partial charge in [0.05, 0.1) is 5.69 Å². The van der Waals surface area contributed by atoms with Gasteiger partial charge in [-0.1, -0.05) is 29.8 Å². The number of hydrogen-bond donors (Lipinski definition) is 0. The number of hydrogen-bond acceptors (Lipinski definition) is 3. The lowest BCUT2D eigenvalue weighted by Crippen LogP contribution is -2.12. The van der Waals surface area contributed by atoms with Gasteiger partial charge < -0.3 is 4.42 Å². The summed E-state index contributed by atoms with van der Waals surface area (Å²) < 4.78 is 6.96. The van der Waals surface area contributed by atoms with Gasteiger partial charge in [0.2, 0.25) is 5.71 Å².